The minimum Gasteiger partial charge on any atom is -0.481 e. The zero-order valence-corrected chi connectivity index (χ0v) is 31.7. The Hall–Kier alpha value is -1.48. The number of aliphatic carboxylic acids is 1. The minimum absolute atomic E-state index is 0.0214. The molecule has 294 valence electrons. The number of carboxylic acid groups (broad SMARTS) is 1. The van der Waals surface area contributed by atoms with E-state index < -0.39 is 72.1 Å². The lowest BCUT2D eigenvalue weighted by molar-refractivity contribution is -0.355. The van der Waals surface area contributed by atoms with Crippen molar-refractivity contribution in [3.05, 3.63) is 11.6 Å². The minimum atomic E-state index is -1.62. The number of allylic oxidation sites excluding steroid dienone is 2. The number of hydrogen-bond donors (Lipinski definition) is 6. The van der Waals surface area contributed by atoms with Gasteiger partial charge < -0.3 is 54.4 Å². The zero-order valence-electron chi connectivity index (χ0n) is 31.7. The number of fused-ring (bicyclic) bond motifs is 7. The van der Waals surface area contributed by atoms with Crippen molar-refractivity contribution in [3.8, 4) is 0 Å². The quantitative estimate of drug-likeness (QED) is 0.133. The topological polar surface area (TPSA) is 192 Å². The van der Waals surface area contributed by atoms with Gasteiger partial charge in [-0.1, -0.05) is 53.2 Å². The van der Waals surface area contributed by atoms with E-state index in [2.05, 4.69) is 40.7 Å². The number of carboxylic acids is 1. The molecule has 12 heteroatoms. The summed E-state index contributed by atoms with van der Waals surface area (Å²) in [5.74, 6) is -0.378. The smallest absolute Gasteiger partial charge is 0.310 e. The first kappa shape index (κ1) is 38.8. The summed E-state index contributed by atoms with van der Waals surface area (Å²) in [5.41, 5.74) is -0.632. The summed E-state index contributed by atoms with van der Waals surface area (Å²) < 4.78 is 23.8. The summed E-state index contributed by atoms with van der Waals surface area (Å²) in [5, 5.41) is 62.8. The molecule has 6 N–H and O–H groups in total. The lowest BCUT2D eigenvalue weighted by Crippen LogP contribution is -2.66. The predicted molar refractivity (Wildman–Crippen MR) is 186 cm³/mol. The van der Waals surface area contributed by atoms with Gasteiger partial charge >= 0.3 is 5.97 Å². The molecule has 0 aromatic carbocycles. The maximum atomic E-state index is 13.4. The molecule has 0 spiro atoms. The average molecular weight is 735 g/mol. The fourth-order valence-electron chi connectivity index (χ4n) is 13.0. The van der Waals surface area contributed by atoms with Crippen LogP contribution in [0.25, 0.3) is 0 Å². The van der Waals surface area contributed by atoms with Crippen molar-refractivity contribution in [2.75, 3.05) is 13.2 Å². The van der Waals surface area contributed by atoms with Crippen LogP contribution in [0.2, 0.25) is 0 Å². The van der Waals surface area contributed by atoms with Crippen LogP contribution in [-0.4, -0.2) is 111 Å². The van der Waals surface area contributed by atoms with Crippen molar-refractivity contribution in [2.24, 2.45) is 50.2 Å². The third kappa shape index (κ3) is 5.55. The molecule has 52 heavy (non-hydrogen) atoms. The maximum absolute atomic E-state index is 13.4. The number of carbonyl (C=O) groups excluding carboxylic acids is 1. The standard InChI is InChI=1S/C40H62O12/c1-35(2)13-15-40(34(47)48)16-14-38(5)21(22(40)17-35)7-8-26-36(3)11-10-27(37(4,20-41)25(36)9-12-39(26,38)6)51-33-31(29(45)24(43)19-50-33)52-32-30(46)28(44)23(42)18-49-32/h7,20,22-33,42-46H,8-19H2,1-6H3,(H,47,48)/t22-,23+,24-,25+,26+,27-,28-,29-,30+,31+,32-,33-,36-,37-,38+,39+,40-/m0/s1. The van der Waals surface area contributed by atoms with Gasteiger partial charge in [0.15, 0.2) is 12.6 Å². The van der Waals surface area contributed by atoms with Crippen molar-refractivity contribution in [2.45, 2.75) is 161 Å². The molecular formula is C40H62O12. The Kier molecular flexibility index (Phi) is 9.73. The Bertz CT molecular complexity index is 1430. The molecule has 0 bridgehead atoms. The molecule has 6 fully saturated rings. The number of hydrogen-bond acceptors (Lipinski definition) is 11. The van der Waals surface area contributed by atoms with Crippen LogP contribution < -0.4 is 0 Å². The Morgan fingerprint density at radius 2 is 1.44 bits per heavy atom. The third-order valence-corrected chi connectivity index (χ3v) is 16.4. The molecule has 2 saturated heterocycles. The lowest BCUT2D eigenvalue weighted by Gasteiger charge is -2.71. The first-order chi connectivity index (χ1) is 24.3. The summed E-state index contributed by atoms with van der Waals surface area (Å²) in [6.07, 6.45) is -0.415. The average Bonchev–Trinajstić information content (AvgIpc) is 3.09. The predicted octanol–water partition coefficient (Wildman–Crippen LogP) is 3.34. The van der Waals surface area contributed by atoms with E-state index in [1.807, 2.05) is 6.92 Å². The van der Waals surface area contributed by atoms with Crippen LogP contribution in [0.5, 0.6) is 0 Å². The van der Waals surface area contributed by atoms with Gasteiger partial charge in [-0.25, -0.2) is 0 Å². The summed E-state index contributed by atoms with van der Waals surface area (Å²) in [7, 11) is 0. The number of aliphatic hydroxyl groups excluding tert-OH is 5. The van der Waals surface area contributed by atoms with E-state index in [4.69, 9.17) is 18.9 Å². The second-order valence-electron chi connectivity index (χ2n) is 19.4. The van der Waals surface area contributed by atoms with Crippen molar-refractivity contribution in [1.82, 2.24) is 0 Å². The van der Waals surface area contributed by atoms with Crippen LogP contribution in [0.15, 0.2) is 11.6 Å². The van der Waals surface area contributed by atoms with Crippen LogP contribution in [0.1, 0.15) is 106 Å². The summed E-state index contributed by atoms with van der Waals surface area (Å²) in [4.78, 5) is 26.4. The highest BCUT2D eigenvalue weighted by Crippen LogP contribution is 2.75. The SMILES string of the molecule is CC1(C)CC[C@]2(C(=O)O)CC[C@]3(C)C(=CC[C@@H]4[C@@]5(C)CC[C@H](O[C@@H]6OC[C@H](O)[C@H](O)[C@H]6O[C@@H]6OC[C@@H](O)[C@H](O)[C@H]6O)[C@@](C)(C=O)[C@@H]5CC[C@]43C)[C@@H]2C1. The monoisotopic (exact) mass is 734 g/mol. The van der Waals surface area contributed by atoms with Gasteiger partial charge in [-0.05, 0) is 104 Å². The second-order valence-corrected chi connectivity index (χ2v) is 19.4. The molecule has 0 aromatic rings. The third-order valence-electron chi connectivity index (χ3n) is 16.4. The Balaban J connectivity index is 1.15. The number of rotatable bonds is 6. The highest BCUT2D eigenvalue weighted by molar-refractivity contribution is 5.76. The van der Waals surface area contributed by atoms with E-state index in [0.29, 0.717) is 12.8 Å². The van der Waals surface area contributed by atoms with E-state index >= 15 is 0 Å². The van der Waals surface area contributed by atoms with E-state index in [0.717, 1.165) is 57.7 Å². The van der Waals surface area contributed by atoms with E-state index in [1.165, 1.54) is 5.57 Å². The van der Waals surface area contributed by atoms with Crippen molar-refractivity contribution in [3.63, 3.8) is 0 Å². The number of ether oxygens (including phenoxy) is 4. The molecule has 17 atom stereocenters. The van der Waals surface area contributed by atoms with Crippen LogP contribution >= 0.6 is 0 Å². The molecule has 2 heterocycles. The Morgan fingerprint density at radius 1 is 0.788 bits per heavy atom. The molecule has 4 saturated carbocycles. The number of aldehydes is 1. The number of aliphatic hydroxyl groups is 5. The molecule has 0 aromatic heterocycles. The van der Waals surface area contributed by atoms with Crippen molar-refractivity contribution >= 4 is 12.3 Å². The second kappa shape index (κ2) is 13.0. The van der Waals surface area contributed by atoms with Crippen molar-refractivity contribution < 1.29 is 59.2 Å². The fourth-order valence-corrected chi connectivity index (χ4v) is 13.0. The molecule has 12 nitrogen and oxygen atoms in total. The fraction of sp³-hybridized carbons (Fsp3) is 0.900. The van der Waals surface area contributed by atoms with Gasteiger partial charge in [0.1, 0.15) is 42.9 Å². The van der Waals surface area contributed by atoms with Crippen LogP contribution in [0.3, 0.4) is 0 Å². The van der Waals surface area contributed by atoms with Gasteiger partial charge in [-0.3, -0.25) is 4.79 Å². The molecule has 7 rings (SSSR count). The Labute approximate surface area is 307 Å². The van der Waals surface area contributed by atoms with Gasteiger partial charge in [-0.2, -0.15) is 0 Å². The van der Waals surface area contributed by atoms with E-state index in [9.17, 15) is 40.2 Å². The first-order valence-corrected chi connectivity index (χ1v) is 19.6. The first-order valence-electron chi connectivity index (χ1n) is 19.6. The van der Waals surface area contributed by atoms with Gasteiger partial charge in [0, 0.05) is 0 Å². The summed E-state index contributed by atoms with van der Waals surface area (Å²) in [6.45, 7) is 13.2. The molecule has 0 radical (unpaired) electrons. The molecule has 7 aliphatic rings. The number of carbonyl (C=O) groups is 2. The highest BCUT2D eigenvalue weighted by atomic mass is 16.7. The molecule has 5 aliphatic carbocycles. The van der Waals surface area contributed by atoms with Gasteiger partial charge in [0.2, 0.25) is 0 Å². The van der Waals surface area contributed by atoms with E-state index in [1.54, 1.807) is 0 Å². The van der Waals surface area contributed by atoms with Crippen molar-refractivity contribution in [1.29, 1.82) is 0 Å². The largest absolute Gasteiger partial charge is 0.481 e. The van der Waals surface area contributed by atoms with Gasteiger partial charge in [0.25, 0.3) is 0 Å². The molecule has 0 amide bonds. The normalized spacial score (nSPS) is 54.4. The molecule has 2 aliphatic heterocycles. The molecular weight excluding hydrogens is 672 g/mol. The van der Waals surface area contributed by atoms with Crippen LogP contribution in [-0.2, 0) is 28.5 Å². The van der Waals surface area contributed by atoms with Crippen LogP contribution in [0, 0.1) is 50.2 Å². The Morgan fingerprint density at radius 3 is 2.12 bits per heavy atom. The molecule has 0 unspecified atom stereocenters. The van der Waals surface area contributed by atoms with E-state index in [-0.39, 0.29) is 52.6 Å². The van der Waals surface area contributed by atoms with Gasteiger partial charge in [0.05, 0.1) is 30.1 Å². The summed E-state index contributed by atoms with van der Waals surface area (Å²) in [6, 6.07) is 0. The highest BCUT2D eigenvalue weighted by Gasteiger charge is 2.70. The van der Waals surface area contributed by atoms with Crippen LogP contribution in [0.4, 0.5) is 0 Å². The zero-order chi connectivity index (χ0) is 37.8. The lowest BCUT2D eigenvalue weighted by atomic mass is 9.33. The van der Waals surface area contributed by atoms with Gasteiger partial charge in [-0.15, -0.1) is 0 Å². The maximum Gasteiger partial charge on any atom is 0.310 e. The summed E-state index contributed by atoms with van der Waals surface area (Å²) >= 11 is 0.